The lowest BCUT2D eigenvalue weighted by Gasteiger charge is -1.99. The lowest BCUT2D eigenvalue weighted by molar-refractivity contribution is 1.15. The van der Waals surface area contributed by atoms with Gasteiger partial charge in [-0.2, -0.15) is 17.6 Å². The van der Waals surface area contributed by atoms with Gasteiger partial charge in [0.1, 0.15) is 5.82 Å². The van der Waals surface area contributed by atoms with Gasteiger partial charge in [0.15, 0.2) is 0 Å². The molecule has 0 atom stereocenters. The number of hydrogen-bond donors (Lipinski definition) is 3. The van der Waals surface area contributed by atoms with Gasteiger partial charge < -0.3 is 11.5 Å². The van der Waals surface area contributed by atoms with Crippen molar-refractivity contribution in [1.29, 1.82) is 0 Å². The summed E-state index contributed by atoms with van der Waals surface area (Å²) in [4.78, 5) is 7.49. The smallest absolute Gasteiger partial charge is 0.221 e. The van der Waals surface area contributed by atoms with Gasteiger partial charge in [-0.25, -0.2) is 4.98 Å². The zero-order valence-corrected chi connectivity index (χ0v) is 6.18. The van der Waals surface area contributed by atoms with Crippen LogP contribution in [0.2, 0.25) is 0 Å². The van der Waals surface area contributed by atoms with Crippen LogP contribution in [0.5, 0.6) is 0 Å². The average molecular weight is 156 g/mol. The fraction of sp³-hybridized carbons (Fsp3) is 0.200. The van der Waals surface area contributed by atoms with E-state index in [0.29, 0.717) is 11.6 Å². The van der Waals surface area contributed by atoms with Crippen molar-refractivity contribution in [3.8, 4) is 0 Å². The Morgan fingerprint density at radius 3 is 2.70 bits per heavy atom. The molecule has 0 aliphatic heterocycles. The van der Waals surface area contributed by atoms with E-state index in [0.717, 1.165) is 5.56 Å². The molecule has 5 heteroatoms. The van der Waals surface area contributed by atoms with E-state index in [1.54, 1.807) is 6.20 Å². The predicted molar refractivity (Wildman–Crippen MR) is 43.5 cm³/mol. The Morgan fingerprint density at radius 1 is 1.50 bits per heavy atom. The third-order valence-corrected chi connectivity index (χ3v) is 1.43. The Balaban J connectivity index is 3.07. The van der Waals surface area contributed by atoms with E-state index >= 15 is 0 Å². The molecule has 0 saturated carbocycles. The summed E-state index contributed by atoms with van der Waals surface area (Å²) in [5.74, 6) is 1.14. The molecule has 0 aliphatic rings. The van der Waals surface area contributed by atoms with Crippen molar-refractivity contribution < 1.29 is 0 Å². The molecule has 4 N–H and O–H groups in total. The summed E-state index contributed by atoms with van der Waals surface area (Å²) in [6.45, 7) is 0. The summed E-state index contributed by atoms with van der Waals surface area (Å²) >= 11 is 4.01. The van der Waals surface area contributed by atoms with Crippen LogP contribution in [-0.4, -0.2) is 9.97 Å². The maximum absolute atomic E-state index is 5.45. The largest absolute Gasteiger partial charge is 0.383 e. The third-order valence-electron chi connectivity index (χ3n) is 1.09. The zero-order chi connectivity index (χ0) is 7.56. The van der Waals surface area contributed by atoms with E-state index in [-0.39, 0.29) is 5.95 Å². The molecule has 1 aromatic rings. The lowest BCUT2D eigenvalue weighted by Crippen LogP contribution is -2.01. The Labute approximate surface area is 64.1 Å². The van der Waals surface area contributed by atoms with Crippen molar-refractivity contribution in [3.63, 3.8) is 0 Å². The van der Waals surface area contributed by atoms with E-state index in [9.17, 15) is 0 Å². The molecule has 10 heavy (non-hydrogen) atoms. The van der Waals surface area contributed by atoms with Crippen molar-refractivity contribution >= 4 is 24.4 Å². The second-order valence-corrected chi connectivity index (χ2v) is 2.11. The molecule has 0 fully saturated rings. The third kappa shape index (κ3) is 1.30. The highest BCUT2D eigenvalue weighted by molar-refractivity contribution is 7.79. The van der Waals surface area contributed by atoms with Gasteiger partial charge >= 0.3 is 0 Å². The summed E-state index contributed by atoms with van der Waals surface area (Å²) in [7, 11) is 0. The lowest BCUT2D eigenvalue weighted by atomic mass is 10.3. The van der Waals surface area contributed by atoms with Crippen LogP contribution in [0.15, 0.2) is 6.20 Å². The first-order valence-electron chi connectivity index (χ1n) is 2.71. The first kappa shape index (κ1) is 7.14. The number of hydrogen-bond acceptors (Lipinski definition) is 5. The Kier molecular flexibility index (Phi) is 1.96. The van der Waals surface area contributed by atoms with Crippen LogP contribution in [-0.2, 0) is 5.75 Å². The van der Waals surface area contributed by atoms with Crippen LogP contribution in [0.3, 0.4) is 0 Å². The van der Waals surface area contributed by atoms with Crippen molar-refractivity contribution in [1.82, 2.24) is 9.97 Å². The van der Waals surface area contributed by atoms with Gasteiger partial charge in [-0.3, -0.25) is 0 Å². The molecular formula is C5H8N4S. The maximum Gasteiger partial charge on any atom is 0.221 e. The van der Waals surface area contributed by atoms with Crippen molar-refractivity contribution in [2.24, 2.45) is 0 Å². The summed E-state index contributed by atoms with van der Waals surface area (Å²) in [5.41, 5.74) is 11.5. The fourth-order valence-electron chi connectivity index (χ4n) is 0.556. The second kappa shape index (κ2) is 2.74. The molecular weight excluding hydrogens is 148 g/mol. The number of aromatic nitrogens is 2. The molecule has 1 rings (SSSR count). The van der Waals surface area contributed by atoms with Crippen LogP contribution in [0.25, 0.3) is 0 Å². The van der Waals surface area contributed by atoms with Crippen LogP contribution < -0.4 is 11.5 Å². The molecule has 0 aliphatic carbocycles. The van der Waals surface area contributed by atoms with Gasteiger partial charge in [-0.15, -0.1) is 0 Å². The van der Waals surface area contributed by atoms with Crippen molar-refractivity contribution in [3.05, 3.63) is 11.8 Å². The van der Waals surface area contributed by atoms with Crippen LogP contribution in [0.4, 0.5) is 11.8 Å². The monoisotopic (exact) mass is 156 g/mol. The number of rotatable bonds is 1. The fourth-order valence-corrected chi connectivity index (χ4v) is 0.800. The van der Waals surface area contributed by atoms with E-state index in [1.165, 1.54) is 0 Å². The molecule has 0 aromatic carbocycles. The Morgan fingerprint density at radius 2 is 2.20 bits per heavy atom. The van der Waals surface area contributed by atoms with Crippen LogP contribution in [0.1, 0.15) is 5.56 Å². The normalized spacial score (nSPS) is 9.70. The van der Waals surface area contributed by atoms with Gasteiger partial charge in [-0.05, 0) is 0 Å². The Bertz CT molecular complexity index is 237. The van der Waals surface area contributed by atoms with E-state index in [1.807, 2.05) is 0 Å². The van der Waals surface area contributed by atoms with E-state index < -0.39 is 0 Å². The number of thiol groups is 1. The number of nitrogens with zero attached hydrogens (tertiary/aromatic N) is 2. The minimum Gasteiger partial charge on any atom is -0.383 e. The van der Waals surface area contributed by atoms with Gasteiger partial charge in [0.25, 0.3) is 0 Å². The zero-order valence-electron chi connectivity index (χ0n) is 5.28. The molecule has 0 radical (unpaired) electrons. The SMILES string of the molecule is Nc1ncc(CS)c(N)n1. The van der Waals surface area contributed by atoms with Crippen molar-refractivity contribution in [2.75, 3.05) is 11.5 Å². The predicted octanol–water partition coefficient (Wildman–Crippen LogP) is 0.0708. The summed E-state index contributed by atoms with van der Waals surface area (Å²) in [6.07, 6.45) is 1.57. The summed E-state index contributed by atoms with van der Waals surface area (Å²) < 4.78 is 0. The number of nitrogen functional groups attached to an aromatic ring is 2. The Hall–Kier alpha value is -0.970. The van der Waals surface area contributed by atoms with Gasteiger partial charge in [0.05, 0.1) is 0 Å². The number of anilines is 2. The van der Waals surface area contributed by atoms with Gasteiger partial charge in [0, 0.05) is 17.5 Å². The number of nitrogens with two attached hydrogens (primary N) is 2. The quantitative estimate of drug-likeness (QED) is 0.503. The highest BCUT2D eigenvalue weighted by atomic mass is 32.1. The van der Waals surface area contributed by atoms with Gasteiger partial charge in [0.2, 0.25) is 5.95 Å². The summed E-state index contributed by atoms with van der Waals surface area (Å²) in [6, 6.07) is 0. The average Bonchev–Trinajstić information content (AvgIpc) is 1.88. The first-order chi connectivity index (χ1) is 4.74. The highest BCUT2D eigenvalue weighted by Gasteiger charge is 1.97. The molecule has 0 unspecified atom stereocenters. The minimum atomic E-state index is 0.197. The molecule has 0 bridgehead atoms. The minimum absolute atomic E-state index is 0.197. The van der Waals surface area contributed by atoms with E-state index in [4.69, 9.17) is 11.5 Å². The van der Waals surface area contributed by atoms with Crippen molar-refractivity contribution in [2.45, 2.75) is 5.75 Å². The summed E-state index contributed by atoms with van der Waals surface area (Å²) in [5, 5.41) is 0. The highest BCUT2D eigenvalue weighted by Crippen LogP contribution is 2.09. The standard InChI is InChI=1S/C5H8N4S/c6-4-3(2-10)1-8-5(7)9-4/h1,10H,2H2,(H4,6,7,8,9). The maximum atomic E-state index is 5.45. The first-order valence-corrected chi connectivity index (χ1v) is 3.35. The van der Waals surface area contributed by atoms with Crippen LogP contribution in [0, 0.1) is 0 Å². The molecule has 0 amide bonds. The molecule has 4 nitrogen and oxygen atoms in total. The second-order valence-electron chi connectivity index (χ2n) is 1.80. The topological polar surface area (TPSA) is 77.8 Å². The molecule has 1 aromatic heterocycles. The molecule has 0 spiro atoms. The molecule has 54 valence electrons. The molecule has 1 heterocycles. The molecule has 0 saturated heterocycles. The van der Waals surface area contributed by atoms with Gasteiger partial charge in [-0.1, -0.05) is 0 Å². The van der Waals surface area contributed by atoms with E-state index in [2.05, 4.69) is 22.6 Å². The van der Waals surface area contributed by atoms with Crippen LogP contribution >= 0.6 is 12.6 Å².